The smallest absolute Gasteiger partial charge is 0.264 e. The average Bonchev–Trinajstić information content (AvgIpc) is 2.90. The average molecular weight is 635 g/mol. The number of nitrogens with zero attached hydrogens (tertiary/aromatic N) is 2. The second kappa shape index (κ2) is 13.5. The van der Waals surface area contributed by atoms with Gasteiger partial charge in [0.25, 0.3) is 10.0 Å². The summed E-state index contributed by atoms with van der Waals surface area (Å²) in [5, 5.41) is 3.36. The Morgan fingerprint density at radius 2 is 1.64 bits per heavy atom. The SMILES string of the molecule is CC[C@@H](C)NC(=O)[C@@H](C)N(Cc1cccc(Br)c1)C(=O)CN(c1ccc(Cl)cc1)S(=O)(=O)c1ccc(C)cc1. The lowest BCUT2D eigenvalue weighted by molar-refractivity contribution is -0.139. The van der Waals surface area contributed by atoms with Gasteiger partial charge >= 0.3 is 0 Å². The zero-order valence-corrected chi connectivity index (χ0v) is 25.6. The van der Waals surface area contributed by atoms with E-state index in [1.54, 1.807) is 43.3 Å². The van der Waals surface area contributed by atoms with Crippen molar-refractivity contribution in [1.29, 1.82) is 0 Å². The molecule has 0 aliphatic rings. The molecule has 0 aliphatic heterocycles. The predicted octanol–water partition coefficient (Wildman–Crippen LogP) is 5.94. The largest absolute Gasteiger partial charge is 0.352 e. The molecule has 3 aromatic rings. The summed E-state index contributed by atoms with van der Waals surface area (Å²) in [5.74, 6) is -0.834. The van der Waals surface area contributed by atoms with E-state index < -0.39 is 28.5 Å². The summed E-state index contributed by atoms with van der Waals surface area (Å²) in [6.07, 6.45) is 0.733. The van der Waals surface area contributed by atoms with E-state index >= 15 is 0 Å². The normalized spacial score (nSPS) is 12.9. The third-order valence-corrected chi connectivity index (χ3v) is 8.95. The minimum atomic E-state index is -4.13. The third kappa shape index (κ3) is 8.06. The van der Waals surface area contributed by atoms with Gasteiger partial charge < -0.3 is 10.2 Å². The molecular formula is C29H33BrClN3O4S. The molecule has 0 bridgehead atoms. The highest BCUT2D eigenvalue weighted by Crippen LogP contribution is 2.26. The van der Waals surface area contributed by atoms with Gasteiger partial charge in [-0.05, 0) is 81.3 Å². The number of carbonyl (C=O) groups is 2. The second-order valence-corrected chi connectivity index (χ2v) is 12.7. The first-order valence-electron chi connectivity index (χ1n) is 12.6. The van der Waals surface area contributed by atoms with Gasteiger partial charge in [-0.2, -0.15) is 0 Å². The Hall–Kier alpha value is -2.88. The Morgan fingerprint density at radius 3 is 2.23 bits per heavy atom. The Morgan fingerprint density at radius 1 is 1.00 bits per heavy atom. The first kappa shape index (κ1) is 30.7. The lowest BCUT2D eigenvalue weighted by atomic mass is 10.1. The van der Waals surface area contributed by atoms with Gasteiger partial charge in [-0.1, -0.05) is 64.3 Å². The number of nitrogens with one attached hydrogen (secondary N) is 1. The molecule has 0 spiro atoms. The van der Waals surface area contributed by atoms with Crippen molar-refractivity contribution in [3.8, 4) is 0 Å². The van der Waals surface area contributed by atoms with Crippen LogP contribution < -0.4 is 9.62 Å². The summed E-state index contributed by atoms with van der Waals surface area (Å²) >= 11 is 9.51. The maximum Gasteiger partial charge on any atom is 0.264 e. The van der Waals surface area contributed by atoms with E-state index in [1.807, 2.05) is 45.0 Å². The van der Waals surface area contributed by atoms with Crippen LogP contribution in [0.15, 0.2) is 82.2 Å². The molecular weight excluding hydrogens is 602 g/mol. The maximum absolute atomic E-state index is 13.9. The van der Waals surface area contributed by atoms with Crippen molar-refractivity contribution < 1.29 is 18.0 Å². The first-order valence-corrected chi connectivity index (χ1v) is 15.2. The summed E-state index contributed by atoms with van der Waals surface area (Å²) in [4.78, 5) is 28.5. The summed E-state index contributed by atoms with van der Waals surface area (Å²) in [6.45, 7) is 6.97. The lowest BCUT2D eigenvalue weighted by Crippen LogP contribution is -2.52. The quantitative estimate of drug-likeness (QED) is 0.283. The maximum atomic E-state index is 13.9. The molecule has 0 aliphatic carbocycles. The monoisotopic (exact) mass is 633 g/mol. The predicted molar refractivity (Wildman–Crippen MR) is 159 cm³/mol. The fourth-order valence-electron chi connectivity index (χ4n) is 3.85. The Labute approximate surface area is 244 Å². The topological polar surface area (TPSA) is 86.8 Å². The molecule has 7 nitrogen and oxygen atoms in total. The van der Waals surface area contributed by atoms with Crippen LogP contribution in [-0.4, -0.2) is 43.8 Å². The van der Waals surface area contributed by atoms with E-state index in [2.05, 4.69) is 21.2 Å². The molecule has 0 unspecified atom stereocenters. The van der Waals surface area contributed by atoms with Crippen LogP contribution in [-0.2, 0) is 26.2 Å². The second-order valence-electron chi connectivity index (χ2n) is 9.45. The summed E-state index contributed by atoms with van der Waals surface area (Å²) in [6, 6.07) is 19.2. The molecule has 0 saturated heterocycles. The van der Waals surface area contributed by atoms with Crippen LogP contribution in [0.3, 0.4) is 0 Å². The number of anilines is 1. The van der Waals surface area contributed by atoms with Crippen molar-refractivity contribution >= 4 is 55.1 Å². The Balaban J connectivity index is 2.02. The van der Waals surface area contributed by atoms with Crippen molar-refractivity contribution in [2.75, 3.05) is 10.8 Å². The Kier molecular flexibility index (Phi) is 10.6. The molecule has 3 rings (SSSR count). The number of aryl methyl sites for hydroxylation is 1. The molecule has 208 valence electrons. The Bertz CT molecular complexity index is 1400. The van der Waals surface area contributed by atoms with Gasteiger partial charge in [0.05, 0.1) is 10.6 Å². The fraction of sp³-hybridized carbons (Fsp3) is 0.310. The van der Waals surface area contributed by atoms with Crippen LogP contribution >= 0.6 is 27.5 Å². The number of hydrogen-bond acceptors (Lipinski definition) is 4. The fourth-order valence-corrected chi connectivity index (χ4v) is 5.84. The van der Waals surface area contributed by atoms with Crippen LogP contribution in [0.1, 0.15) is 38.3 Å². The summed E-state index contributed by atoms with van der Waals surface area (Å²) < 4.78 is 29.5. The minimum Gasteiger partial charge on any atom is -0.352 e. The lowest BCUT2D eigenvalue weighted by Gasteiger charge is -2.32. The van der Waals surface area contributed by atoms with Gasteiger partial charge in [0.1, 0.15) is 12.6 Å². The van der Waals surface area contributed by atoms with Gasteiger partial charge in [-0.25, -0.2) is 8.42 Å². The van der Waals surface area contributed by atoms with Crippen LogP contribution in [0.25, 0.3) is 0 Å². The number of rotatable bonds is 11. The van der Waals surface area contributed by atoms with E-state index in [4.69, 9.17) is 11.6 Å². The molecule has 0 fully saturated rings. The van der Waals surface area contributed by atoms with Gasteiger partial charge in [0.2, 0.25) is 11.8 Å². The molecule has 2 atom stereocenters. The van der Waals surface area contributed by atoms with Crippen molar-refractivity contribution in [2.45, 2.75) is 57.6 Å². The number of carbonyl (C=O) groups excluding carboxylic acids is 2. The summed E-state index contributed by atoms with van der Waals surface area (Å²) in [5.41, 5.74) is 1.98. The van der Waals surface area contributed by atoms with E-state index in [-0.39, 0.29) is 29.1 Å². The van der Waals surface area contributed by atoms with Crippen LogP contribution in [0, 0.1) is 6.92 Å². The minimum absolute atomic E-state index is 0.0527. The molecule has 3 aromatic carbocycles. The van der Waals surface area contributed by atoms with E-state index in [0.717, 1.165) is 26.3 Å². The van der Waals surface area contributed by atoms with Crippen molar-refractivity contribution in [3.63, 3.8) is 0 Å². The molecule has 2 amide bonds. The summed E-state index contributed by atoms with van der Waals surface area (Å²) in [7, 11) is -4.13. The standard InChI is InChI=1S/C29H33BrClN3O4S/c1-5-21(3)32-29(36)22(4)33(18-23-7-6-8-24(30)17-23)28(35)19-34(26-13-11-25(31)12-14-26)39(37,38)27-15-9-20(2)10-16-27/h6-17,21-22H,5,18-19H2,1-4H3,(H,32,36)/t21-,22-/m1/s1. The van der Waals surface area contributed by atoms with E-state index in [9.17, 15) is 18.0 Å². The zero-order valence-electron chi connectivity index (χ0n) is 22.4. The van der Waals surface area contributed by atoms with Crippen LogP contribution in [0.5, 0.6) is 0 Å². The molecule has 0 radical (unpaired) electrons. The number of amides is 2. The number of halogens is 2. The highest BCUT2D eigenvalue weighted by atomic mass is 79.9. The van der Waals surface area contributed by atoms with Gasteiger partial charge in [-0.15, -0.1) is 0 Å². The third-order valence-electron chi connectivity index (χ3n) is 6.41. The van der Waals surface area contributed by atoms with Crippen LogP contribution in [0.2, 0.25) is 5.02 Å². The number of hydrogen-bond donors (Lipinski definition) is 1. The van der Waals surface area contributed by atoms with Crippen molar-refractivity contribution in [2.24, 2.45) is 0 Å². The molecule has 0 saturated carbocycles. The van der Waals surface area contributed by atoms with Crippen molar-refractivity contribution in [1.82, 2.24) is 10.2 Å². The zero-order chi connectivity index (χ0) is 28.7. The molecule has 1 N–H and O–H groups in total. The first-order chi connectivity index (χ1) is 18.4. The molecule has 0 aromatic heterocycles. The van der Waals surface area contributed by atoms with Crippen molar-refractivity contribution in [3.05, 3.63) is 93.4 Å². The van der Waals surface area contributed by atoms with E-state index in [1.165, 1.54) is 17.0 Å². The molecule has 10 heteroatoms. The number of sulfonamides is 1. The van der Waals surface area contributed by atoms with Gasteiger partial charge in [0, 0.05) is 22.1 Å². The highest BCUT2D eigenvalue weighted by molar-refractivity contribution is 9.10. The van der Waals surface area contributed by atoms with E-state index in [0.29, 0.717) is 5.02 Å². The molecule has 0 heterocycles. The highest BCUT2D eigenvalue weighted by Gasteiger charge is 2.32. The van der Waals surface area contributed by atoms with Gasteiger partial charge in [0.15, 0.2) is 0 Å². The number of benzene rings is 3. The van der Waals surface area contributed by atoms with Crippen LogP contribution in [0.4, 0.5) is 5.69 Å². The molecule has 39 heavy (non-hydrogen) atoms. The van der Waals surface area contributed by atoms with Gasteiger partial charge in [-0.3, -0.25) is 13.9 Å².